The zero-order valence-corrected chi connectivity index (χ0v) is 17.7. The van der Waals surface area contributed by atoms with Crippen LogP contribution in [0.15, 0.2) is 27.1 Å². The normalized spacial score (nSPS) is 12.5. The summed E-state index contributed by atoms with van der Waals surface area (Å²) in [7, 11) is 1.17. The molecule has 30 heavy (non-hydrogen) atoms. The molecule has 2 aromatic rings. The van der Waals surface area contributed by atoms with Gasteiger partial charge in [-0.1, -0.05) is 15.9 Å². The molecule has 1 aliphatic rings. The average molecular weight is 474 g/mol. The molecule has 3 rings (SSSR count). The maximum atomic E-state index is 12.4. The molecule has 0 bridgehead atoms. The number of methoxy groups -OCH3 is 1. The standard InChI is InChI=1S/C20H16BrN3O6/c1-10-16(20(28)29-2)14(9-22)17(30-10)23-15(25)4-3-7-24-18(26)12-6-5-11(21)8-13(12)19(24)27/h5-6,8H,3-4,7H2,1-2H3,(H,23,25). The van der Waals surface area contributed by atoms with Gasteiger partial charge in [0.1, 0.15) is 23.0 Å². The molecule has 1 aliphatic heterocycles. The third-order valence-corrected chi connectivity index (χ3v) is 5.05. The summed E-state index contributed by atoms with van der Waals surface area (Å²) in [6.45, 7) is 1.54. The number of imide groups is 1. The van der Waals surface area contributed by atoms with E-state index < -0.39 is 23.7 Å². The molecule has 2 heterocycles. The number of nitrogens with zero attached hydrogens (tertiary/aromatic N) is 2. The summed E-state index contributed by atoms with van der Waals surface area (Å²) in [5.74, 6) is -2.05. The van der Waals surface area contributed by atoms with E-state index in [1.54, 1.807) is 18.2 Å². The van der Waals surface area contributed by atoms with E-state index in [1.807, 2.05) is 6.07 Å². The number of halogens is 1. The fraction of sp³-hybridized carbons (Fsp3) is 0.250. The summed E-state index contributed by atoms with van der Waals surface area (Å²) >= 11 is 3.27. The summed E-state index contributed by atoms with van der Waals surface area (Å²) in [6.07, 6.45) is 0.180. The van der Waals surface area contributed by atoms with Crippen LogP contribution in [-0.2, 0) is 9.53 Å². The molecule has 0 unspecified atom stereocenters. The Hall–Kier alpha value is -3.45. The molecule has 0 saturated carbocycles. The summed E-state index contributed by atoms with van der Waals surface area (Å²) in [5, 5.41) is 11.7. The van der Waals surface area contributed by atoms with E-state index in [1.165, 1.54) is 14.0 Å². The zero-order valence-electron chi connectivity index (χ0n) is 16.1. The second-order valence-electron chi connectivity index (χ2n) is 6.44. The lowest BCUT2D eigenvalue weighted by Gasteiger charge is -2.13. The molecule has 0 atom stereocenters. The van der Waals surface area contributed by atoms with Crippen LogP contribution in [0.25, 0.3) is 0 Å². The molecule has 0 radical (unpaired) electrons. The number of fused-ring (bicyclic) bond motifs is 1. The van der Waals surface area contributed by atoms with Gasteiger partial charge in [0, 0.05) is 17.4 Å². The highest BCUT2D eigenvalue weighted by Crippen LogP contribution is 2.28. The van der Waals surface area contributed by atoms with Crippen LogP contribution in [-0.4, -0.2) is 42.2 Å². The van der Waals surface area contributed by atoms with Gasteiger partial charge in [0.25, 0.3) is 11.8 Å². The molecule has 1 aromatic heterocycles. The molecule has 0 saturated heterocycles. The highest BCUT2D eigenvalue weighted by atomic mass is 79.9. The van der Waals surface area contributed by atoms with Crippen LogP contribution in [0.2, 0.25) is 0 Å². The minimum atomic E-state index is -0.745. The quantitative estimate of drug-likeness (QED) is 0.503. The van der Waals surface area contributed by atoms with Gasteiger partial charge in [0.05, 0.1) is 18.2 Å². The number of aryl methyl sites for hydroxylation is 1. The summed E-state index contributed by atoms with van der Waals surface area (Å²) in [6, 6.07) is 6.67. The molecule has 154 valence electrons. The van der Waals surface area contributed by atoms with E-state index in [4.69, 9.17) is 4.42 Å². The SMILES string of the molecule is COC(=O)c1c(C)oc(NC(=O)CCCN2C(=O)c3ccc(Br)cc3C2=O)c1C#N. The smallest absolute Gasteiger partial charge is 0.342 e. The van der Waals surface area contributed by atoms with Gasteiger partial charge in [-0.2, -0.15) is 5.26 Å². The fourth-order valence-corrected chi connectivity index (χ4v) is 3.50. The lowest BCUT2D eigenvalue weighted by Crippen LogP contribution is -2.31. The maximum absolute atomic E-state index is 12.4. The number of carbonyl (C=O) groups excluding carboxylic acids is 4. The Balaban J connectivity index is 1.62. The number of rotatable bonds is 6. The molecule has 9 nitrogen and oxygen atoms in total. The predicted octanol–water partition coefficient (Wildman–Crippen LogP) is 3.02. The molecule has 10 heteroatoms. The number of benzene rings is 1. The fourth-order valence-electron chi connectivity index (χ4n) is 3.14. The maximum Gasteiger partial charge on any atom is 0.342 e. The molecular formula is C20H16BrN3O6. The van der Waals surface area contributed by atoms with Crippen LogP contribution in [0.1, 0.15) is 55.2 Å². The van der Waals surface area contributed by atoms with Gasteiger partial charge >= 0.3 is 5.97 Å². The summed E-state index contributed by atoms with van der Waals surface area (Å²) < 4.78 is 10.6. The largest absolute Gasteiger partial charge is 0.465 e. The van der Waals surface area contributed by atoms with Gasteiger partial charge in [0.15, 0.2) is 0 Å². The van der Waals surface area contributed by atoms with Crippen molar-refractivity contribution < 1.29 is 28.3 Å². The van der Waals surface area contributed by atoms with Crippen molar-refractivity contribution in [2.24, 2.45) is 0 Å². The van der Waals surface area contributed by atoms with Crippen molar-refractivity contribution in [2.75, 3.05) is 19.0 Å². The first kappa shape index (κ1) is 21.3. The number of anilines is 1. The molecular weight excluding hydrogens is 458 g/mol. The van der Waals surface area contributed by atoms with Crippen molar-refractivity contribution in [1.82, 2.24) is 4.90 Å². The second-order valence-corrected chi connectivity index (χ2v) is 7.36. The number of furan rings is 1. The van der Waals surface area contributed by atoms with Crippen molar-refractivity contribution in [3.05, 3.63) is 50.7 Å². The van der Waals surface area contributed by atoms with Gasteiger partial charge in [-0.3, -0.25) is 24.6 Å². The van der Waals surface area contributed by atoms with E-state index in [0.717, 1.165) is 4.90 Å². The number of nitrogens with one attached hydrogen (secondary N) is 1. The van der Waals surface area contributed by atoms with Gasteiger partial charge < -0.3 is 9.15 Å². The van der Waals surface area contributed by atoms with Crippen LogP contribution in [0.5, 0.6) is 0 Å². The Morgan fingerprint density at radius 3 is 2.63 bits per heavy atom. The Kier molecular flexibility index (Phi) is 6.03. The van der Waals surface area contributed by atoms with E-state index in [0.29, 0.717) is 15.6 Å². The van der Waals surface area contributed by atoms with Crippen LogP contribution in [0.4, 0.5) is 5.88 Å². The van der Waals surface area contributed by atoms with E-state index in [9.17, 15) is 24.4 Å². The first-order chi connectivity index (χ1) is 14.3. The van der Waals surface area contributed by atoms with Crippen LogP contribution in [0.3, 0.4) is 0 Å². The number of esters is 1. The molecule has 1 N–H and O–H groups in total. The Morgan fingerprint density at radius 1 is 1.27 bits per heavy atom. The van der Waals surface area contributed by atoms with Crippen LogP contribution in [0, 0.1) is 18.3 Å². The van der Waals surface area contributed by atoms with E-state index in [-0.39, 0.29) is 42.2 Å². The van der Waals surface area contributed by atoms with Crippen molar-refractivity contribution in [3.63, 3.8) is 0 Å². The zero-order chi connectivity index (χ0) is 22.0. The number of hydrogen-bond donors (Lipinski definition) is 1. The van der Waals surface area contributed by atoms with Gasteiger partial charge in [-0.15, -0.1) is 0 Å². The number of hydrogen-bond acceptors (Lipinski definition) is 7. The van der Waals surface area contributed by atoms with E-state index in [2.05, 4.69) is 26.0 Å². The van der Waals surface area contributed by atoms with Gasteiger partial charge in [0.2, 0.25) is 11.8 Å². The lowest BCUT2D eigenvalue weighted by molar-refractivity contribution is -0.116. The number of carbonyl (C=O) groups is 4. The van der Waals surface area contributed by atoms with Crippen LogP contribution < -0.4 is 5.32 Å². The lowest BCUT2D eigenvalue weighted by atomic mass is 10.1. The molecule has 0 aliphatic carbocycles. The van der Waals surface area contributed by atoms with Crippen LogP contribution >= 0.6 is 15.9 Å². The average Bonchev–Trinajstić information content (AvgIpc) is 3.15. The van der Waals surface area contributed by atoms with Crippen molar-refractivity contribution in [3.8, 4) is 6.07 Å². The molecule has 0 fully saturated rings. The molecule has 3 amide bonds. The topological polar surface area (TPSA) is 130 Å². The highest BCUT2D eigenvalue weighted by molar-refractivity contribution is 9.10. The summed E-state index contributed by atoms with van der Waals surface area (Å²) in [4.78, 5) is 50.0. The number of amides is 3. The Morgan fingerprint density at radius 2 is 1.97 bits per heavy atom. The highest BCUT2D eigenvalue weighted by Gasteiger charge is 2.35. The van der Waals surface area contributed by atoms with Crippen molar-refractivity contribution in [2.45, 2.75) is 19.8 Å². The van der Waals surface area contributed by atoms with Crippen molar-refractivity contribution >= 4 is 45.5 Å². The Labute approximate surface area is 179 Å². The first-order valence-corrected chi connectivity index (χ1v) is 9.65. The third-order valence-electron chi connectivity index (χ3n) is 4.56. The minimum Gasteiger partial charge on any atom is -0.465 e. The molecule has 0 spiro atoms. The van der Waals surface area contributed by atoms with Crippen molar-refractivity contribution in [1.29, 1.82) is 5.26 Å². The van der Waals surface area contributed by atoms with E-state index >= 15 is 0 Å². The number of nitriles is 1. The first-order valence-electron chi connectivity index (χ1n) is 8.85. The third kappa shape index (κ3) is 3.84. The predicted molar refractivity (Wildman–Crippen MR) is 107 cm³/mol. The van der Waals surface area contributed by atoms with Gasteiger partial charge in [-0.25, -0.2) is 4.79 Å². The monoisotopic (exact) mass is 473 g/mol. The second kappa shape index (κ2) is 8.51. The Bertz CT molecular complexity index is 1110. The molecule has 1 aromatic carbocycles. The minimum absolute atomic E-state index is 0.0325. The number of ether oxygens (including phenoxy) is 1. The summed E-state index contributed by atoms with van der Waals surface area (Å²) in [5.41, 5.74) is 0.470. The van der Waals surface area contributed by atoms with Gasteiger partial charge in [-0.05, 0) is 31.5 Å².